The molecule has 0 bridgehead atoms. The van der Waals surface area contributed by atoms with Gasteiger partial charge in [-0.1, -0.05) is 45.0 Å². The van der Waals surface area contributed by atoms with Crippen LogP contribution in [0.2, 0.25) is 0 Å². The lowest BCUT2D eigenvalue weighted by Crippen LogP contribution is -2.20. The first-order valence-corrected chi connectivity index (χ1v) is 7.41. The van der Waals surface area contributed by atoms with Gasteiger partial charge in [-0.3, -0.25) is 14.9 Å². The summed E-state index contributed by atoms with van der Waals surface area (Å²) in [7, 11) is 0. The fourth-order valence-electron chi connectivity index (χ4n) is 2.03. The summed E-state index contributed by atoms with van der Waals surface area (Å²) in [6.07, 6.45) is 1.41. The quantitative estimate of drug-likeness (QED) is 0.517. The molecule has 7 nitrogen and oxygen atoms in total. The third kappa shape index (κ3) is 4.77. The van der Waals surface area contributed by atoms with Gasteiger partial charge in [-0.05, 0) is 22.6 Å². The van der Waals surface area contributed by atoms with Crippen LogP contribution in [-0.2, 0) is 16.6 Å². The summed E-state index contributed by atoms with van der Waals surface area (Å²) in [5.41, 5.74) is 4.51. The van der Waals surface area contributed by atoms with Gasteiger partial charge in [-0.25, -0.2) is 5.43 Å². The molecule has 1 N–H and O–H groups in total. The van der Waals surface area contributed by atoms with E-state index >= 15 is 0 Å². The maximum Gasteiger partial charge on any atom is 0.433 e. The van der Waals surface area contributed by atoms with Crippen molar-refractivity contribution in [1.82, 2.24) is 5.43 Å². The van der Waals surface area contributed by atoms with Crippen molar-refractivity contribution in [3.63, 3.8) is 0 Å². The Hall–Kier alpha value is -2.96. The van der Waals surface area contributed by atoms with Crippen molar-refractivity contribution in [3.8, 4) is 0 Å². The van der Waals surface area contributed by atoms with Crippen molar-refractivity contribution >= 4 is 18.0 Å². The second kappa shape index (κ2) is 7.08. The molecule has 0 fully saturated rings. The maximum absolute atomic E-state index is 11.8. The van der Waals surface area contributed by atoms with Gasteiger partial charge < -0.3 is 4.42 Å². The summed E-state index contributed by atoms with van der Waals surface area (Å²) in [5, 5.41) is 14.2. The molecule has 24 heavy (non-hydrogen) atoms. The lowest BCUT2D eigenvalue weighted by atomic mass is 9.86. The van der Waals surface area contributed by atoms with Crippen LogP contribution in [0, 0.1) is 10.1 Å². The summed E-state index contributed by atoms with van der Waals surface area (Å²) in [4.78, 5) is 21.7. The highest BCUT2D eigenvalue weighted by molar-refractivity contribution is 5.81. The minimum Gasteiger partial charge on any atom is -0.400 e. The number of benzene rings is 1. The first-order valence-electron chi connectivity index (χ1n) is 7.41. The summed E-state index contributed by atoms with van der Waals surface area (Å²) in [5.74, 6) is -0.464. The van der Waals surface area contributed by atoms with Crippen LogP contribution < -0.4 is 5.43 Å². The number of hydrazone groups is 1. The number of carbonyl (C=O) groups excluding carboxylic acids is 1. The molecule has 1 aromatic carbocycles. The number of amides is 1. The monoisotopic (exact) mass is 329 g/mol. The van der Waals surface area contributed by atoms with Crippen LogP contribution >= 0.6 is 0 Å². The zero-order valence-corrected chi connectivity index (χ0v) is 13.8. The first-order chi connectivity index (χ1) is 11.3. The van der Waals surface area contributed by atoms with E-state index < -0.39 is 4.92 Å². The van der Waals surface area contributed by atoms with Gasteiger partial charge in [0.1, 0.15) is 4.92 Å². The van der Waals surface area contributed by atoms with E-state index in [4.69, 9.17) is 4.42 Å². The van der Waals surface area contributed by atoms with Gasteiger partial charge in [0, 0.05) is 0 Å². The zero-order chi connectivity index (χ0) is 17.7. The average Bonchev–Trinajstić information content (AvgIpc) is 2.96. The van der Waals surface area contributed by atoms with E-state index in [0.717, 1.165) is 5.56 Å². The fraction of sp³-hybridized carbons (Fsp3) is 0.294. The molecule has 2 rings (SSSR count). The van der Waals surface area contributed by atoms with Crippen LogP contribution in [0.25, 0.3) is 0 Å². The molecule has 0 atom stereocenters. The number of hydrogen-bond donors (Lipinski definition) is 1. The maximum atomic E-state index is 11.8. The molecule has 0 saturated heterocycles. The highest BCUT2D eigenvalue weighted by Gasteiger charge is 2.13. The smallest absolute Gasteiger partial charge is 0.400 e. The van der Waals surface area contributed by atoms with Crippen LogP contribution in [0.4, 0.5) is 5.88 Å². The second-order valence-electron chi connectivity index (χ2n) is 6.35. The summed E-state index contributed by atoms with van der Waals surface area (Å²) >= 11 is 0. The fourth-order valence-corrected chi connectivity index (χ4v) is 2.03. The van der Waals surface area contributed by atoms with E-state index in [9.17, 15) is 14.9 Å². The Bertz CT molecular complexity index is 755. The van der Waals surface area contributed by atoms with Crippen LogP contribution in [0.3, 0.4) is 0 Å². The van der Waals surface area contributed by atoms with Crippen LogP contribution in [0.15, 0.2) is 45.9 Å². The van der Waals surface area contributed by atoms with Crippen LogP contribution in [0.5, 0.6) is 0 Å². The largest absolute Gasteiger partial charge is 0.433 e. The molecule has 126 valence electrons. The van der Waals surface area contributed by atoms with Gasteiger partial charge >= 0.3 is 5.88 Å². The topological polar surface area (TPSA) is 97.7 Å². The van der Waals surface area contributed by atoms with Crippen molar-refractivity contribution in [2.45, 2.75) is 32.6 Å². The van der Waals surface area contributed by atoms with Crippen LogP contribution in [0.1, 0.15) is 37.7 Å². The predicted octanol–water partition coefficient (Wildman–Crippen LogP) is 3.18. The molecule has 0 saturated carbocycles. The Kier molecular flexibility index (Phi) is 5.13. The van der Waals surface area contributed by atoms with Gasteiger partial charge in [0.05, 0.1) is 18.7 Å². The van der Waals surface area contributed by atoms with Gasteiger partial charge in [0.2, 0.25) is 5.91 Å². The second-order valence-corrected chi connectivity index (χ2v) is 6.35. The van der Waals surface area contributed by atoms with Crippen molar-refractivity contribution in [3.05, 3.63) is 63.4 Å². The van der Waals surface area contributed by atoms with Gasteiger partial charge in [-0.2, -0.15) is 5.10 Å². The number of nitrogens with zero attached hydrogens (tertiary/aromatic N) is 2. The minimum atomic E-state index is -0.642. The standard InChI is InChI=1S/C17H19N3O4/c1-17(2,3)13-6-4-12(5-7-13)10-15(21)19-18-11-14-8-9-16(24-14)20(22)23/h4-9,11H,10H2,1-3H3,(H,19,21)/b18-11-. The van der Waals surface area contributed by atoms with Gasteiger partial charge in [0.15, 0.2) is 5.76 Å². The highest BCUT2D eigenvalue weighted by Crippen LogP contribution is 2.22. The Morgan fingerprint density at radius 2 is 1.92 bits per heavy atom. The van der Waals surface area contributed by atoms with E-state index in [1.807, 2.05) is 24.3 Å². The van der Waals surface area contributed by atoms with Crippen molar-refractivity contribution < 1.29 is 14.1 Å². The molecule has 0 aliphatic carbocycles. The Morgan fingerprint density at radius 3 is 2.46 bits per heavy atom. The first kappa shape index (κ1) is 17.4. The van der Waals surface area contributed by atoms with Crippen LogP contribution in [-0.4, -0.2) is 17.0 Å². The average molecular weight is 329 g/mol. The Morgan fingerprint density at radius 1 is 1.25 bits per heavy atom. The summed E-state index contributed by atoms with van der Waals surface area (Å²) < 4.78 is 4.89. The van der Waals surface area contributed by atoms with Crippen molar-refractivity contribution in [1.29, 1.82) is 0 Å². The molecule has 0 radical (unpaired) electrons. The molecule has 0 aliphatic rings. The van der Waals surface area contributed by atoms with E-state index in [0.29, 0.717) is 0 Å². The zero-order valence-electron chi connectivity index (χ0n) is 13.8. The molecule has 1 heterocycles. The SMILES string of the molecule is CC(C)(C)c1ccc(CC(=O)N/N=C\c2ccc([N+](=O)[O-])o2)cc1. The molecular formula is C17H19N3O4. The van der Waals surface area contributed by atoms with E-state index in [1.165, 1.54) is 23.9 Å². The molecule has 0 aliphatic heterocycles. The van der Waals surface area contributed by atoms with E-state index in [2.05, 4.69) is 31.3 Å². The lowest BCUT2D eigenvalue weighted by Gasteiger charge is -2.19. The number of hydrogen-bond acceptors (Lipinski definition) is 5. The van der Waals surface area contributed by atoms with E-state index in [1.54, 1.807) is 0 Å². The molecule has 1 aromatic heterocycles. The lowest BCUT2D eigenvalue weighted by molar-refractivity contribution is -0.402. The number of furan rings is 1. The molecular weight excluding hydrogens is 310 g/mol. The molecule has 0 spiro atoms. The predicted molar refractivity (Wildman–Crippen MR) is 89.9 cm³/mol. The van der Waals surface area contributed by atoms with Gasteiger partial charge in [-0.15, -0.1) is 0 Å². The number of nitrogens with one attached hydrogen (secondary N) is 1. The molecule has 2 aromatic rings. The molecule has 0 unspecified atom stereocenters. The molecule has 1 amide bonds. The summed E-state index contributed by atoms with van der Waals surface area (Å²) in [6, 6.07) is 10.5. The highest BCUT2D eigenvalue weighted by atomic mass is 16.6. The van der Waals surface area contributed by atoms with Crippen molar-refractivity contribution in [2.24, 2.45) is 5.10 Å². The normalized spacial score (nSPS) is 11.6. The third-order valence-electron chi connectivity index (χ3n) is 3.36. The summed E-state index contributed by atoms with van der Waals surface area (Å²) in [6.45, 7) is 6.38. The third-order valence-corrected chi connectivity index (χ3v) is 3.36. The number of rotatable bonds is 5. The van der Waals surface area contributed by atoms with Gasteiger partial charge in [0.25, 0.3) is 0 Å². The Labute approximate surface area is 139 Å². The minimum absolute atomic E-state index is 0.0662. The van der Waals surface area contributed by atoms with E-state index in [-0.39, 0.29) is 29.4 Å². The number of carbonyl (C=O) groups is 1. The van der Waals surface area contributed by atoms with Crippen molar-refractivity contribution in [2.75, 3.05) is 0 Å². The Balaban J connectivity index is 1.88. The number of nitro groups is 1. The molecule has 7 heteroatoms.